The lowest BCUT2D eigenvalue weighted by molar-refractivity contribution is 0.0526. The van der Waals surface area contributed by atoms with E-state index in [1.165, 1.54) is 5.56 Å². The Bertz CT molecular complexity index is 932. The standard InChI is InChI=1S/C22H26O5S/c1-3-26-22(23)19-9-12-21-17(5-4-6-18(21)15-19)13-14-27-28(24,25)20-10-7-16(2)8-11-20/h7-12,15,17H,3-6,13-14H2,1-2H3. The van der Waals surface area contributed by atoms with Gasteiger partial charge in [-0.2, -0.15) is 8.42 Å². The minimum absolute atomic E-state index is 0.139. The molecule has 1 aliphatic rings. The van der Waals surface area contributed by atoms with Crippen molar-refractivity contribution in [2.75, 3.05) is 13.2 Å². The summed E-state index contributed by atoms with van der Waals surface area (Å²) in [6.07, 6.45) is 3.53. The van der Waals surface area contributed by atoms with Crippen LogP contribution in [0.15, 0.2) is 47.4 Å². The number of aryl methyl sites for hydroxylation is 2. The van der Waals surface area contributed by atoms with Crippen LogP contribution in [0.4, 0.5) is 0 Å². The van der Waals surface area contributed by atoms with E-state index in [1.807, 2.05) is 19.1 Å². The van der Waals surface area contributed by atoms with E-state index in [4.69, 9.17) is 8.92 Å². The highest BCUT2D eigenvalue weighted by molar-refractivity contribution is 7.86. The number of fused-ring (bicyclic) bond motifs is 1. The number of ether oxygens (including phenoxy) is 1. The van der Waals surface area contributed by atoms with Gasteiger partial charge < -0.3 is 4.74 Å². The van der Waals surface area contributed by atoms with E-state index in [0.717, 1.165) is 30.4 Å². The van der Waals surface area contributed by atoms with Gasteiger partial charge in [-0.25, -0.2) is 4.79 Å². The third-order valence-electron chi connectivity index (χ3n) is 5.11. The molecule has 28 heavy (non-hydrogen) atoms. The van der Waals surface area contributed by atoms with Gasteiger partial charge in [0.15, 0.2) is 0 Å². The first kappa shape index (κ1) is 20.6. The van der Waals surface area contributed by atoms with Crippen molar-refractivity contribution in [3.05, 3.63) is 64.7 Å². The second kappa shape index (κ2) is 8.88. The van der Waals surface area contributed by atoms with E-state index in [-0.39, 0.29) is 23.4 Å². The van der Waals surface area contributed by atoms with E-state index in [1.54, 1.807) is 37.3 Å². The molecule has 1 unspecified atom stereocenters. The molecule has 1 aliphatic carbocycles. The smallest absolute Gasteiger partial charge is 0.338 e. The molecule has 6 heteroatoms. The summed E-state index contributed by atoms with van der Waals surface area (Å²) in [5.74, 6) is -0.0758. The number of carbonyl (C=O) groups is 1. The van der Waals surface area contributed by atoms with Crippen molar-refractivity contribution in [2.45, 2.75) is 50.3 Å². The minimum atomic E-state index is -3.74. The zero-order chi connectivity index (χ0) is 20.1. The van der Waals surface area contributed by atoms with Crippen LogP contribution >= 0.6 is 0 Å². The number of carbonyl (C=O) groups excluding carboxylic acids is 1. The first-order valence-corrected chi connectivity index (χ1v) is 11.1. The van der Waals surface area contributed by atoms with E-state index in [2.05, 4.69) is 0 Å². The number of benzene rings is 2. The van der Waals surface area contributed by atoms with Gasteiger partial charge in [-0.15, -0.1) is 0 Å². The van der Waals surface area contributed by atoms with Gasteiger partial charge in [0.25, 0.3) is 10.1 Å². The molecule has 5 nitrogen and oxygen atoms in total. The largest absolute Gasteiger partial charge is 0.462 e. The predicted octanol–water partition coefficient (Wildman–Crippen LogP) is 4.39. The van der Waals surface area contributed by atoms with Gasteiger partial charge in [0.1, 0.15) is 0 Å². The second-order valence-electron chi connectivity index (χ2n) is 7.10. The molecule has 0 N–H and O–H groups in total. The fraction of sp³-hybridized carbons (Fsp3) is 0.409. The van der Waals surface area contributed by atoms with Crippen LogP contribution in [-0.4, -0.2) is 27.6 Å². The van der Waals surface area contributed by atoms with E-state index >= 15 is 0 Å². The molecule has 0 saturated carbocycles. The monoisotopic (exact) mass is 402 g/mol. The Kier molecular flexibility index (Phi) is 6.52. The van der Waals surface area contributed by atoms with E-state index < -0.39 is 10.1 Å². The van der Waals surface area contributed by atoms with Crippen LogP contribution in [0, 0.1) is 6.92 Å². The fourth-order valence-corrected chi connectivity index (χ4v) is 4.55. The summed E-state index contributed by atoms with van der Waals surface area (Å²) in [6, 6.07) is 12.3. The van der Waals surface area contributed by atoms with E-state index in [9.17, 15) is 13.2 Å². The van der Waals surface area contributed by atoms with Crippen molar-refractivity contribution in [3.63, 3.8) is 0 Å². The van der Waals surface area contributed by atoms with Gasteiger partial charge >= 0.3 is 5.97 Å². The summed E-state index contributed by atoms with van der Waals surface area (Å²) in [6.45, 7) is 4.19. The van der Waals surface area contributed by atoms with Crippen molar-refractivity contribution in [1.29, 1.82) is 0 Å². The molecule has 0 bridgehead atoms. The zero-order valence-corrected chi connectivity index (χ0v) is 17.1. The average Bonchev–Trinajstić information content (AvgIpc) is 2.68. The Balaban J connectivity index is 1.65. The molecule has 0 spiro atoms. The highest BCUT2D eigenvalue weighted by atomic mass is 32.2. The summed E-state index contributed by atoms with van der Waals surface area (Å²) >= 11 is 0. The van der Waals surface area contributed by atoms with Crippen LogP contribution in [0.25, 0.3) is 0 Å². The molecular formula is C22H26O5S. The lowest BCUT2D eigenvalue weighted by atomic mass is 9.80. The van der Waals surface area contributed by atoms with Crippen LogP contribution in [0.1, 0.15) is 59.2 Å². The lowest BCUT2D eigenvalue weighted by Gasteiger charge is -2.26. The number of hydrogen-bond acceptors (Lipinski definition) is 5. The lowest BCUT2D eigenvalue weighted by Crippen LogP contribution is -2.15. The molecule has 0 saturated heterocycles. The molecule has 2 aromatic rings. The Labute approximate surface area is 166 Å². The summed E-state index contributed by atoms with van der Waals surface area (Å²) in [4.78, 5) is 12.1. The van der Waals surface area contributed by atoms with Crippen molar-refractivity contribution >= 4 is 16.1 Å². The maximum absolute atomic E-state index is 12.3. The molecule has 0 heterocycles. The van der Waals surface area contributed by atoms with Gasteiger partial charge in [0.2, 0.25) is 0 Å². The Hall–Kier alpha value is -2.18. The summed E-state index contributed by atoms with van der Waals surface area (Å²) in [5.41, 5.74) is 3.89. The molecule has 0 radical (unpaired) electrons. The second-order valence-corrected chi connectivity index (χ2v) is 8.72. The van der Waals surface area contributed by atoms with Gasteiger partial charge in [-0.05, 0) is 80.8 Å². The molecule has 0 aliphatic heterocycles. The molecule has 0 aromatic heterocycles. The molecule has 2 aromatic carbocycles. The zero-order valence-electron chi connectivity index (χ0n) is 16.3. The fourth-order valence-electron chi connectivity index (χ4n) is 3.63. The van der Waals surface area contributed by atoms with Gasteiger partial charge in [-0.3, -0.25) is 4.18 Å². The maximum Gasteiger partial charge on any atom is 0.338 e. The topological polar surface area (TPSA) is 69.7 Å². The first-order chi connectivity index (χ1) is 13.4. The molecular weight excluding hydrogens is 376 g/mol. The SMILES string of the molecule is CCOC(=O)c1ccc2c(c1)CCCC2CCOS(=O)(=O)c1ccc(C)cc1. The van der Waals surface area contributed by atoms with Crippen molar-refractivity contribution in [3.8, 4) is 0 Å². The molecule has 1 atom stereocenters. The third kappa shape index (κ3) is 4.80. The van der Waals surface area contributed by atoms with Gasteiger partial charge in [0.05, 0.1) is 23.7 Å². The third-order valence-corrected chi connectivity index (χ3v) is 6.43. The highest BCUT2D eigenvalue weighted by Gasteiger charge is 2.23. The predicted molar refractivity (Wildman–Crippen MR) is 107 cm³/mol. The Morgan fingerprint density at radius 1 is 1.14 bits per heavy atom. The minimum Gasteiger partial charge on any atom is -0.462 e. The normalized spacial score (nSPS) is 16.4. The van der Waals surface area contributed by atoms with Gasteiger partial charge in [-0.1, -0.05) is 23.8 Å². The van der Waals surface area contributed by atoms with Crippen LogP contribution in [0.5, 0.6) is 0 Å². The molecule has 3 rings (SSSR count). The van der Waals surface area contributed by atoms with Crippen molar-refractivity contribution in [1.82, 2.24) is 0 Å². The quantitative estimate of drug-likeness (QED) is 0.507. The number of rotatable bonds is 7. The summed E-state index contributed by atoms with van der Waals surface area (Å²) < 4.78 is 35.0. The average molecular weight is 403 g/mol. The Morgan fingerprint density at radius 3 is 2.61 bits per heavy atom. The number of hydrogen-bond donors (Lipinski definition) is 0. The van der Waals surface area contributed by atoms with Crippen molar-refractivity contribution in [2.24, 2.45) is 0 Å². The summed E-state index contributed by atoms with van der Waals surface area (Å²) in [7, 11) is -3.74. The number of esters is 1. The van der Waals surface area contributed by atoms with Crippen LogP contribution in [0.2, 0.25) is 0 Å². The van der Waals surface area contributed by atoms with Crippen LogP contribution in [-0.2, 0) is 25.5 Å². The Morgan fingerprint density at radius 2 is 1.89 bits per heavy atom. The molecule has 150 valence electrons. The van der Waals surface area contributed by atoms with Crippen LogP contribution < -0.4 is 0 Å². The molecule has 0 fully saturated rings. The molecule has 0 amide bonds. The summed E-state index contributed by atoms with van der Waals surface area (Å²) in [5, 5.41) is 0. The van der Waals surface area contributed by atoms with Crippen LogP contribution in [0.3, 0.4) is 0 Å². The first-order valence-electron chi connectivity index (χ1n) is 9.66. The van der Waals surface area contributed by atoms with Crippen molar-refractivity contribution < 1.29 is 22.1 Å². The van der Waals surface area contributed by atoms with E-state index in [0.29, 0.717) is 18.6 Å². The highest BCUT2D eigenvalue weighted by Crippen LogP contribution is 2.35. The van der Waals surface area contributed by atoms with Gasteiger partial charge in [0, 0.05) is 0 Å². The maximum atomic E-state index is 12.3.